The fourth-order valence-electron chi connectivity index (χ4n) is 3.82. The van der Waals surface area contributed by atoms with Gasteiger partial charge < -0.3 is 14.8 Å². The summed E-state index contributed by atoms with van der Waals surface area (Å²) in [6.45, 7) is 7.10. The second-order valence-electron chi connectivity index (χ2n) is 7.30. The Bertz CT molecular complexity index is 1180. The number of benzene rings is 2. The summed E-state index contributed by atoms with van der Waals surface area (Å²) in [5.41, 5.74) is 0.674. The molecule has 9 heteroatoms. The standard InChI is InChI=1S/C23H18F3N3O3/c1-27-15-5-3-14(18(10-15)23(24,25)26)12-32-19-6-4-13(9-20(19)31-2)17-11-21(30)29-22-16(17)7-8-28-22/h3-7,9-10,17H,8,11-12H2,2H3,(H,28,29,30). The Labute approximate surface area is 182 Å². The van der Waals surface area contributed by atoms with Crippen molar-refractivity contribution in [3.8, 4) is 11.5 Å². The molecule has 0 bridgehead atoms. The van der Waals surface area contributed by atoms with Crippen molar-refractivity contribution in [1.82, 2.24) is 5.32 Å². The third-order valence-corrected chi connectivity index (χ3v) is 5.36. The smallest absolute Gasteiger partial charge is 0.415 e. The number of amidine groups is 1. The number of piperidine rings is 1. The van der Waals surface area contributed by atoms with Crippen LogP contribution in [-0.4, -0.2) is 25.4 Å². The van der Waals surface area contributed by atoms with Gasteiger partial charge in [-0.3, -0.25) is 9.79 Å². The highest BCUT2D eigenvalue weighted by Crippen LogP contribution is 2.39. The number of alkyl halides is 3. The minimum absolute atomic E-state index is 0.0862. The Morgan fingerprint density at radius 2 is 2.03 bits per heavy atom. The fraction of sp³-hybridized carbons (Fsp3) is 0.261. The van der Waals surface area contributed by atoms with E-state index in [1.165, 1.54) is 19.2 Å². The van der Waals surface area contributed by atoms with Gasteiger partial charge in [0.25, 0.3) is 0 Å². The quantitative estimate of drug-likeness (QED) is 0.679. The lowest BCUT2D eigenvalue weighted by molar-refractivity contribution is -0.138. The normalized spacial score (nSPS) is 17.6. The zero-order chi connectivity index (χ0) is 22.9. The third kappa shape index (κ3) is 4.17. The van der Waals surface area contributed by atoms with Gasteiger partial charge in [-0.05, 0) is 29.3 Å². The summed E-state index contributed by atoms with van der Waals surface area (Å²) in [6, 6.07) is 8.49. The molecule has 6 nitrogen and oxygen atoms in total. The number of methoxy groups -OCH3 is 1. The summed E-state index contributed by atoms with van der Waals surface area (Å²) in [4.78, 5) is 19.4. The Kier molecular flexibility index (Phi) is 5.61. The van der Waals surface area contributed by atoms with Gasteiger partial charge in [-0.2, -0.15) is 13.2 Å². The Morgan fingerprint density at radius 3 is 2.75 bits per heavy atom. The summed E-state index contributed by atoms with van der Waals surface area (Å²) in [6.07, 6.45) is -2.39. The van der Waals surface area contributed by atoms with Crippen LogP contribution in [0.25, 0.3) is 4.85 Å². The number of fused-ring (bicyclic) bond motifs is 1. The van der Waals surface area contributed by atoms with Crippen molar-refractivity contribution in [3.05, 3.63) is 76.2 Å². The second-order valence-corrected chi connectivity index (χ2v) is 7.30. The number of carbonyl (C=O) groups is 1. The highest BCUT2D eigenvalue weighted by molar-refractivity contribution is 6.12. The summed E-state index contributed by atoms with van der Waals surface area (Å²) in [5, 5.41) is 2.76. The first-order valence-electron chi connectivity index (χ1n) is 9.73. The first-order chi connectivity index (χ1) is 15.3. The molecular formula is C23H18F3N3O3. The van der Waals surface area contributed by atoms with Crippen LogP contribution in [0.15, 0.2) is 53.0 Å². The molecule has 0 radical (unpaired) electrons. The number of nitrogens with one attached hydrogen (secondary N) is 1. The van der Waals surface area contributed by atoms with Gasteiger partial charge in [0.2, 0.25) is 5.91 Å². The number of ether oxygens (including phenoxy) is 2. The highest BCUT2D eigenvalue weighted by atomic mass is 19.4. The van der Waals surface area contributed by atoms with Crippen LogP contribution >= 0.6 is 0 Å². The van der Waals surface area contributed by atoms with Crippen LogP contribution in [0.5, 0.6) is 11.5 Å². The Morgan fingerprint density at radius 1 is 1.22 bits per heavy atom. The molecule has 2 heterocycles. The molecule has 1 unspecified atom stereocenters. The van der Waals surface area contributed by atoms with E-state index in [4.69, 9.17) is 16.0 Å². The number of hydrogen-bond acceptors (Lipinski definition) is 4. The lowest BCUT2D eigenvalue weighted by Crippen LogP contribution is -2.38. The number of nitrogens with zero attached hydrogens (tertiary/aromatic N) is 2. The maximum atomic E-state index is 13.4. The molecule has 0 saturated carbocycles. The average molecular weight is 441 g/mol. The highest BCUT2D eigenvalue weighted by Gasteiger charge is 2.34. The zero-order valence-electron chi connectivity index (χ0n) is 17.0. The van der Waals surface area contributed by atoms with E-state index in [0.29, 0.717) is 18.1 Å². The van der Waals surface area contributed by atoms with Crippen molar-refractivity contribution < 1.29 is 27.4 Å². The molecule has 2 aromatic carbocycles. The summed E-state index contributed by atoms with van der Waals surface area (Å²) < 4.78 is 51.3. The minimum atomic E-state index is -4.61. The summed E-state index contributed by atoms with van der Waals surface area (Å²) in [7, 11) is 1.44. The van der Waals surface area contributed by atoms with Crippen LogP contribution in [0.3, 0.4) is 0 Å². The van der Waals surface area contributed by atoms with Gasteiger partial charge in [-0.15, -0.1) is 0 Å². The van der Waals surface area contributed by atoms with E-state index in [-0.39, 0.29) is 41.9 Å². The number of halogens is 3. The maximum Gasteiger partial charge on any atom is 0.415 e. The van der Waals surface area contributed by atoms with Crippen molar-refractivity contribution in [1.29, 1.82) is 0 Å². The summed E-state index contributed by atoms with van der Waals surface area (Å²) in [5.74, 6) is 0.874. The van der Waals surface area contributed by atoms with E-state index in [9.17, 15) is 18.0 Å². The number of carbonyl (C=O) groups excluding carboxylic acids is 1. The monoisotopic (exact) mass is 441 g/mol. The van der Waals surface area contributed by atoms with Gasteiger partial charge in [-0.1, -0.05) is 24.3 Å². The third-order valence-electron chi connectivity index (χ3n) is 5.36. The molecule has 1 amide bonds. The van der Waals surface area contributed by atoms with Crippen LogP contribution in [-0.2, 0) is 17.6 Å². The fourth-order valence-corrected chi connectivity index (χ4v) is 3.82. The van der Waals surface area contributed by atoms with Gasteiger partial charge in [-0.25, -0.2) is 4.85 Å². The lowest BCUT2D eigenvalue weighted by Gasteiger charge is -2.26. The molecule has 164 valence electrons. The van der Waals surface area contributed by atoms with Crippen molar-refractivity contribution in [2.45, 2.75) is 25.1 Å². The van der Waals surface area contributed by atoms with E-state index >= 15 is 0 Å². The van der Waals surface area contributed by atoms with E-state index in [1.807, 2.05) is 6.08 Å². The van der Waals surface area contributed by atoms with E-state index in [2.05, 4.69) is 15.2 Å². The predicted molar refractivity (Wildman–Crippen MR) is 111 cm³/mol. The van der Waals surface area contributed by atoms with Gasteiger partial charge in [0.1, 0.15) is 12.4 Å². The van der Waals surface area contributed by atoms with Gasteiger partial charge in [0.05, 0.1) is 25.8 Å². The number of aliphatic imine (C=N–C) groups is 1. The molecule has 0 aliphatic carbocycles. The van der Waals surface area contributed by atoms with Crippen LogP contribution < -0.4 is 14.8 Å². The molecule has 1 saturated heterocycles. The van der Waals surface area contributed by atoms with E-state index in [0.717, 1.165) is 17.2 Å². The number of hydrogen-bond donors (Lipinski definition) is 1. The number of amides is 1. The van der Waals surface area contributed by atoms with Crippen molar-refractivity contribution in [3.63, 3.8) is 0 Å². The molecule has 2 aliphatic rings. The molecule has 0 aromatic heterocycles. The lowest BCUT2D eigenvalue weighted by atomic mass is 9.85. The maximum absolute atomic E-state index is 13.4. The Hall–Kier alpha value is -3.80. The minimum Gasteiger partial charge on any atom is -0.493 e. The van der Waals surface area contributed by atoms with Gasteiger partial charge in [0.15, 0.2) is 17.2 Å². The topological polar surface area (TPSA) is 64.3 Å². The molecule has 2 aromatic rings. The van der Waals surface area contributed by atoms with Crippen LogP contribution in [0.2, 0.25) is 0 Å². The molecule has 1 fully saturated rings. The van der Waals surface area contributed by atoms with Crippen molar-refractivity contribution in [2.75, 3.05) is 13.7 Å². The largest absolute Gasteiger partial charge is 0.493 e. The first kappa shape index (κ1) is 21.4. The van der Waals surface area contributed by atoms with E-state index < -0.39 is 11.7 Å². The van der Waals surface area contributed by atoms with Crippen molar-refractivity contribution >= 4 is 17.4 Å². The molecular weight excluding hydrogens is 423 g/mol. The molecule has 0 spiro atoms. The molecule has 4 rings (SSSR count). The molecule has 1 N–H and O–H groups in total. The zero-order valence-corrected chi connectivity index (χ0v) is 17.0. The van der Waals surface area contributed by atoms with Crippen LogP contribution in [0.1, 0.15) is 29.0 Å². The van der Waals surface area contributed by atoms with Gasteiger partial charge in [0, 0.05) is 17.9 Å². The van der Waals surface area contributed by atoms with Crippen LogP contribution in [0.4, 0.5) is 18.9 Å². The predicted octanol–water partition coefficient (Wildman–Crippen LogP) is 4.79. The number of rotatable bonds is 5. The van der Waals surface area contributed by atoms with Crippen molar-refractivity contribution in [2.24, 2.45) is 4.99 Å². The second kappa shape index (κ2) is 8.38. The van der Waals surface area contributed by atoms with Gasteiger partial charge >= 0.3 is 6.18 Å². The van der Waals surface area contributed by atoms with Crippen LogP contribution in [0, 0.1) is 6.57 Å². The van der Waals surface area contributed by atoms with E-state index in [1.54, 1.807) is 18.2 Å². The Balaban J connectivity index is 1.58. The molecule has 1 atom stereocenters. The SMILES string of the molecule is [C-]#[N+]c1ccc(COc2ccc(C3CC(=O)NC4=NCC=C43)cc2OC)c(C(F)(F)F)c1. The molecule has 2 aliphatic heterocycles. The average Bonchev–Trinajstić information content (AvgIpc) is 3.24. The summed E-state index contributed by atoms with van der Waals surface area (Å²) >= 11 is 0. The first-order valence-corrected chi connectivity index (χ1v) is 9.73. The molecule has 32 heavy (non-hydrogen) atoms.